The van der Waals surface area contributed by atoms with E-state index < -0.39 is 0 Å². The normalized spacial score (nSPS) is 17.8. The molecule has 0 bridgehead atoms. The number of benzene rings is 1. The molecule has 1 saturated carbocycles. The van der Waals surface area contributed by atoms with Gasteiger partial charge in [0.15, 0.2) is 0 Å². The minimum atomic E-state index is -0.267. The monoisotopic (exact) mass is 432 g/mol. The van der Waals surface area contributed by atoms with Crippen molar-refractivity contribution in [2.24, 2.45) is 0 Å². The molecule has 32 heavy (non-hydrogen) atoms. The highest BCUT2D eigenvalue weighted by Gasteiger charge is 2.46. The first-order valence-electron chi connectivity index (χ1n) is 11.1. The SMILES string of the molecule is CNc1cc(F)cc2c1Cc1nc(Oc3ccc(C)nc3)nc(N3CCNC4(CC4)C3)c1-2. The number of anilines is 2. The fraction of sp³-hybridized carbons (Fsp3) is 0.375. The van der Waals surface area contributed by atoms with Crippen LogP contribution in [-0.2, 0) is 6.42 Å². The number of nitrogens with one attached hydrogen (secondary N) is 2. The number of hydrogen-bond donors (Lipinski definition) is 2. The van der Waals surface area contributed by atoms with Crippen molar-refractivity contribution in [2.45, 2.75) is 31.7 Å². The van der Waals surface area contributed by atoms with Crippen molar-refractivity contribution in [1.29, 1.82) is 0 Å². The molecule has 7 nitrogen and oxygen atoms in total. The van der Waals surface area contributed by atoms with Gasteiger partial charge in [-0.3, -0.25) is 4.98 Å². The fourth-order valence-electron chi connectivity index (χ4n) is 4.83. The number of halogens is 1. The Kier molecular flexibility index (Phi) is 4.33. The van der Waals surface area contributed by atoms with Gasteiger partial charge in [0, 0.05) is 55.6 Å². The van der Waals surface area contributed by atoms with Gasteiger partial charge in [-0.1, -0.05) is 0 Å². The smallest absolute Gasteiger partial charge is 0.324 e. The maximum Gasteiger partial charge on any atom is 0.324 e. The van der Waals surface area contributed by atoms with E-state index in [0.717, 1.165) is 59.2 Å². The van der Waals surface area contributed by atoms with E-state index in [1.165, 1.54) is 18.9 Å². The zero-order chi connectivity index (χ0) is 21.9. The van der Waals surface area contributed by atoms with Gasteiger partial charge in [0.1, 0.15) is 17.4 Å². The molecule has 3 aliphatic rings. The molecule has 1 spiro atoms. The van der Waals surface area contributed by atoms with Gasteiger partial charge in [-0.2, -0.15) is 9.97 Å². The van der Waals surface area contributed by atoms with Crippen LogP contribution in [0.3, 0.4) is 0 Å². The molecule has 3 aromatic rings. The summed E-state index contributed by atoms with van der Waals surface area (Å²) in [5, 5.41) is 6.78. The number of ether oxygens (including phenoxy) is 1. The molecule has 0 amide bonds. The van der Waals surface area contributed by atoms with Crippen molar-refractivity contribution in [3.8, 4) is 22.9 Å². The molecule has 164 valence electrons. The highest BCUT2D eigenvalue weighted by atomic mass is 19.1. The van der Waals surface area contributed by atoms with Gasteiger partial charge in [0.25, 0.3) is 0 Å². The van der Waals surface area contributed by atoms with Crippen LogP contribution in [-0.4, -0.2) is 47.2 Å². The maximum absolute atomic E-state index is 14.5. The highest BCUT2D eigenvalue weighted by Crippen LogP contribution is 2.47. The van der Waals surface area contributed by atoms with E-state index in [-0.39, 0.29) is 11.4 Å². The largest absolute Gasteiger partial charge is 0.423 e. The average molecular weight is 433 g/mol. The second-order valence-electron chi connectivity index (χ2n) is 8.92. The maximum atomic E-state index is 14.5. The van der Waals surface area contributed by atoms with Gasteiger partial charge in [0.2, 0.25) is 0 Å². The van der Waals surface area contributed by atoms with E-state index in [4.69, 9.17) is 14.7 Å². The van der Waals surface area contributed by atoms with E-state index in [1.807, 2.05) is 26.1 Å². The first kappa shape index (κ1) is 19.4. The lowest BCUT2D eigenvalue weighted by molar-refractivity contribution is 0.425. The van der Waals surface area contributed by atoms with Gasteiger partial charge < -0.3 is 20.3 Å². The lowest BCUT2D eigenvalue weighted by atomic mass is 10.0. The van der Waals surface area contributed by atoms with Gasteiger partial charge in [-0.05, 0) is 55.2 Å². The van der Waals surface area contributed by atoms with E-state index in [1.54, 1.807) is 12.3 Å². The van der Waals surface area contributed by atoms with Crippen LogP contribution in [0, 0.1) is 12.7 Å². The first-order chi connectivity index (χ1) is 15.5. The zero-order valence-corrected chi connectivity index (χ0v) is 18.2. The number of aromatic nitrogens is 3. The van der Waals surface area contributed by atoms with Crippen LogP contribution in [0.1, 0.15) is 29.8 Å². The summed E-state index contributed by atoms with van der Waals surface area (Å²) in [5.74, 6) is 1.15. The standard InChI is InChI=1S/C24H25FN6O/c1-14-3-4-16(12-27-14)32-23-29-20-11-17-18(9-15(25)10-19(17)26-2)21(20)22(30-23)31-8-7-28-24(13-31)5-6-24/h3-4,9-10,12,26,28H,5-8,11,13H2,1-2H3. The summed E-state index contributed by atoms with van der Waals surface area (Å²) in [5.41, 5.74) is 5.58. The molecule has 2 aromatic heterocycles. The molecule has 2 N–H and O–H groups in total. The number of rotatable bonds is 4. The predicted molar refractivity (Wildman–Crippen MR) is 121 cm³/mol. The van der Waals surface area contributed by atoms with Crippen LogP contribution in [0.25, 0.3) is 11.1 Å². The Labute approximate surface area is 186 Å². The van der Waals surface area contributed by atoms with Crippen LogP contribution in [0.5, 0.6) is 11.8 Å². The van der Waals surface area contributed by atoms with E-state index in [0.29, 0.717) is 18.2 Å². The van der Waals surface area contributed by atoms with Crippen LogP contribution >= 0.6 is 0 Å². The summed E-state index contributed by atoms with van der Waals surface area (Å²) in [6.07, 6.45) is 4.63. The lowest BCUT2D eigenvalue weighted by Crippen LogP contribution is -2.53. The quantitative estimate of drug-likeness (QED) is 0.510. The number of pyridine rings is 1. The van der Waals surface area contributed by atoms with Crippen molar-refractivity contribution < 1.29 is 9.13 Å². The van der Waals surface area contributed by atoms with Crippen molar-refractivity contribution in [2.75, 3.05) is 36.9 Å². The second kappa shape index (κ2) is 7.13. The Balaban J connectivity index is 1.47. The fourth-order valence-corrected chi connectivity index (χ4v) is 4.83. The molecule has 1 aliphatic heterocycles. The Hall–Kier alpha value is -3.26. The van der Waals surface area contributed by atoms with Gasteiger partial charge in [-0.15, -0.1) is 0 Å². The summed E-state index contributed by atoms with van der Waals surface area (Å²) in [6, 6.07) is 7.21. The third kappa shape index (κ3) is 3.26. The number of piperazine rings is 1. The summed E-state index contributed by atoms with van der Waals surface area (Å²) < 4.78 is 20.5. The van der Waals surface area contributed by atoms with Gasteiger partial charge in [0.05, 0.1) is 11.9 Å². The Bertz CT molecular complexity index is 1210. The van der Waals surface area contributed by atoms with Crippen molar-refractivity contribution in [3.63, 3.8) is 0 Å². The summed E-state index contributed by atoms with van der Waals surface area (Å²) >= 11 is 0. The molecule has 2 aliphatic carbocycles. The van der Waals surface area contributed by atoms with Crippen LogP contribution in [0.2, 0.25) is 0 Å². The summed E-state index contributed by atoms with van der Waals surface area (Å²) in [7, 11) is 1.82. The molecule has 0 unspecified atom stereocenters. The third-order valence-electron chi connectivity index (χ3n) is 6.66. The van der Waals surface area contributed by atoms with Crippen molar-refractivity contribution in [1.82, 2.24) is 20.3 Å². The first-order valence-corrected chi connectivity index (χ1v) is 11.1. The van der Waals surface area contributed by atoms with Crippen LogP contribution < -0.4 is 20.3 Å². The van der Waals surface area contributed by atoms with Crippen molar-refractivity contribution >= 4 is 11.5 Å². The molecular weight excluding hydrogens is 407 g/mol. The minimum absolute atomic E-state index is 0.178. The lowest BCUT2D eigenvalue weighted by Gasteiger charge is -2.35. The van der Waals surface area contributed by atoms with E-state index in [2.05, 4.69) is 20.5 Å². The molecule has 1 aromatic carbocycles. The number of aryl methyl sites for hydroxylation is 1. The van der Waals surface area contributed by atoms with Crippen LogP contribution in [0.4, 0.5) is 15.9 Å². The summed E-state index contributed by atoms with van der Waals surface area (Å²) in [6.45, 7) is 4.54. The van der Waals surface area contributed by atoms with Crippen LogP contribution in [0.15, 0.2) is 30.5 Å². The van der Waals surface area contributed by atoms with Gasteiger partial charge >= 0.3 is 6.01 Å². The molecule has 1 saturated heterocycles. The summed E-state index contributed by atoms with van der Waals surface area (Å²) in [4.78, 5) is 16.2. The molecule has 2 fully saturated rings. The average Bonchev–Trinajstić information content (AvgIpc) is 3.42. The number of fused-ring (bicyclic) bond motifs is 3. The molecule has 8 heteroatoms. The molecule has 0 radical (unpaired) electrons. The molecule has 0 atom stereocenters. The van der Waals surface area contributed by atoms with Crippen molar-refractivity contribution in [3.05, 3.63) is 53.2 Å². The third-order valence-corrected chi connectivity index (χ3v) is 6.66. The zero-order valence-electron chi connectivity index (χ0n) is 18.2. The Morgan fingerprint density at radius 2 is 2.09 bits per heavy atom. The molecule has 3 heterocycles. The van der Waals surface area contributed by atoms with E-state index >= 15 is 0 Å². The van der Waals surface area contributed by atoms with Gasteiger partial charge in [-0.25, -0.2) is 4.39 Å². The molecule has 6 rings (SSSR count). The van der Waals surface area contributed by atoms with E-state index in [9.17, 15) is 4.39 Å². The second-order valence-corrected chi connectivity index (χ2v) is 8.92. The minimum Gasteiger partial charge on any atom is -0.423 e. The number of hydrogen-bond acceptors (Lipinski definition) is 7. The molecular formula is C24H25FN6O. The topological polar surface area (TPSA) is 75.2 Å². The highest BCUT2D eigenvalue weighted by molar-refractivity contribution is 5.88. The Morgan fingerprint density at radius 3 is 2.84 bits per heavy atom. The number of nitrogens with zero attached hydrogens (tertiary/aromatic N) is 4. The predicted octanol–water partition coefficient (Wildman–Crippen LogP) is 3.67. The Morgan fingerprint density at radius 1 is 1.22 bits per heavy atom.